The molecule has 0 atom stereocenters. The van der Waals surface area contributed by atoms with Gasteiger partial charge in [-0.15, -0.1) is 0 Å². The monoisotopic (exact) mass is 273 g/mol. The minimum atomic E-state index is 0.730. The number of rotatable bonds is 14. The van der Waals surface area contributed by atoms with Crippen LogP contribution in [-0.2, 0) is 9.47 Å². The summed E-state index contributed by atoms with van der Waals surface area (Å²) in [6.45, 7) is 14.5. The van der Waals surface area contributed by atoms with Crippen LogP contribution in [0.5, 0.6) is 0 Å². The minimum Gasteiger partial charge on any atom is -0.381 e. The van der Waals surface area contributed by atoms with Crippen LogP contribution in [0.2, 0.25) is 0 Å². The zero-order chi connectivity index (χ0) is 14.3. The van der Waals surface area contributed by atoms with E-state index in [4.69, 9.17) is 9.47 Å². The third kappa shape index (κ3) is 17.9. The lowest BCUT2D eigenvalue weighted by molar-refractivity contribution is 0.0794. The Hall–Kier alpha value is -0.120. The molecular formula is C16H35NO2. The standard InChI is InChI=1S/C16H35NO2/c1-15(2)8-5-10-18-12-7-13-19-11-6-9-17-14-16(3)4/h15-17H,5-14H2,1-4H3. The fraction of sp³-hybridized carbons (Fsp3) is 1.00. The van der Waals surface area contributed by atoms with Gasteiger partial charge in [0.15, 0.2) is 0 Å². The van der Waals surface area contributed by atoms with Crippen LogP contribution in [0, 0.1) is 11.8 Å². The lowest BCUT2D eigenvalue weighted by Gasteiger charge is -2.08. The molecule has 0 aromatic heterocycles. The number of ether oxygens (including phenoxy) is 2. The summed E-state index contributed by atoms with van der Waals surface area (Å²) >= 11 is 0. The minimum absolute atomic E-state index is 0.730. The predicted octanol–water partition coefficient (Wildman–Crippen LogP) is 3.48. The van der Waals surface area contributed by atoms with Gasteiger partial charge in [0.1, 0.15) is 0 Å². The van der Waals surface area contributed by atoms with E-state index in [1.807, 2.05) is 0 Å². The van der Waals surface area contributed by atoms with Crippen LogP contribution in [-0.4, -0.2) is 39.5 Å². The van der Waals surface area contributed by atoms with Crippen LogP contribution < -0.4 is 5.32 Å². The normalized spacial score (nSPS) is 11.7. The van der Waals surface area contributed by atoms with E-state index in [9.17, 15) is 0 Å². The van der Waals surface area contributed by atoms with Crippen molar-refractivity contribution in [2.45, 2.75) is 53.4 Å². The Bertz CT molecular complexity index is 154. The average molecular weight is 273 g/mol. The van der Waals surface area contributed by atoms with Gasteiger partial charge in [-0.2, -0.15) is 0 Å². The fourth-order valence-electron chi connectivity index (χ4n) is 1.75. The molecule has 0 spiro atoms. The van der Waals surface area contributed by atoms with Crippen LogP contribution in [0.1, 0.15) is 53.4 Å². The third-order valence-electron chi connectivity index (χ3n) is 2.84. The van der Waals surface area contributed by atoms with Crippen LogP contribution in [0.4, 0.5) is 0 Å². The van der Waals surface area contributed by atoms with Gasteiger partial charge in [-0.1, -0.05) is 27.7 Å². The second-order valence-electron chi connectivity index (χ2n) is 6.07. The lowest BCUT2D eigenvalue weighted by atomic mass is 10.1. The zero-order valence-corrected chi connectivity index (χ0v) is 13.5. The average Bonchev–Trinajstić information content (AvgIpc) is 2.34. The summed E-state index contributed by atoms with van der Waals surface area (Å²) in [6, 6.07) is 0. The molecule has 1 N–H and O–H groups in total. The van der Waals surface area contributed by atoms with E-state index in [-0.39, 0.29) is 0 Å². The summed E-state index contributed by atoms with van der Waals surface area (Å²) in [5, 5.41) is 3.41. The van der Waals surface area contributed by atoms with Crippen molar-refractivity contribution in [3.63, 3.8) is 0 Å². The summed E-state index contributed by atoms with van der Waals surface area (Å²) in [6.07, 6.45) is 4.56. The maximum absolute atomic E-state index is 5.57. The van der Waals surface area contributed by atoms with Gasteiger partial charge < -0.3 is 14.8 Å². The molecule has 3 heteroatoms. The molecule has 0 amide bonds. The molecular weight excluding hydrogens is 238 g/mol. The Morgan fingerprint density at radius 1 is 0.737 bits per heavy atom. The summed E-state index contributed by atoms with van der Waals surface area (Å²) in [5.41, 5.74) is 0. The number of hydrogen-bond donors (Lipinski definition) is 1. The predicted molar refractivity (Wildman–Crippen MR) is 82.7 cm³/mol. The molecule has 0 fully saturated rings. The van der Waals surface area contributed by atoms with Crippen molar-refractivity contribution in [3.05, 3.63) is 0 Å². The topological polar surface area (TPSA) is 30.5 Å². The van der Waals surface area contributed by atoms with Gasteiger partial charge in [0.2, 0.25) is 0 Å². The van der Waals surface area contributed by atoms with Crippen molar-refractivity contribution in [1.29, 1.82) is 0 Å². The highest BCUT2D eigenvalue weighted by Crippen LogP contribution is 2.03. The first-order valence-electron chi connectivity index (χ1n) is 7.99. The Morgan fingerprint density at radius 2 is 1.32 bits per heavy atom. The quantitative estimate of drug-likeness (QED) is 0.492. The highest BCUT2D eigenvalue weighted by molar-refractivity contribution is 4.51. The van der Waals surface area contributed by atoms with Crippen molar-refractivity contribution < 1.29 is 9.47 Å². The van der Waals surface area contributed by atoms with E-state index in [0.717, 1.165) is 64.2 Å². The molecule has 0 saturated carbocycles. The van der Waals surface area contributed by atoms with Crippen molar-refractivity contribution in [3.8, 4) is 0 Å². The molecule has 0 saturated heterocycles. The van der Waals surface area contributed by atoms with Gasteiger partial charge in [0, 0.05) is 26.4 Å². The smallest absolute Gasteiger partial charge is 0.0487 e. The molecule has 0 bridgehead atoms. The fourth-order valence-corrected chi connectivity index (χ4v) is 1.75. The first-order chi connectivity index (χ1) is 9.13. The van der Waals surface area contributed by atoms with E-state index < -0.39 is 0 Å². The Kier molecular flexibility index (Phi) is 14.2. The van der Waals surface area contributed by atoms with E-state index in [1.165, 1.54) is 12.8 Å². The van der Waals surface area contributed by atoms with Crippen LogP contribution in [0.25, 0.3) is 0 Å². The second kappa shape index (κ2) is 14.3. The van der Waals surface area contributed by atoms with E-state index in [2.05, 4.69) is 33.0 Å². The van der Waals surface area contributed by atoms with Crippen LogP contribution in [0.15, 0.2) is 0 Å². The largest absolute Gasteiger partial charge is 0.381 e. The summed E-state index contributed by atoms with van der Waals surface area (Å²) in [4.78, 5) is 0. The van der Waals surface area contributed by atoms with Crippen molar-refractivity contribution in [2.24, 2.45) is 11.8 Å². The molecule has 0 aliphatic heterocycles. The molecule has 0 radical (unpaired) electrons. The summed E-state index contributed by atoms with van der Waals surface area (Å²) in [7, 11) is 0. The zero-order valence-electron chi connectivity index (χ0n) is 13.5. The Morgan fingerprint density at radius 3 is 1.89 bits per heavy atom. The van der Waals surface area contributed by atoms with E-state index in [1.54, 1.807) is 0 Å². The maximum atomic E-state index is 5.57. The van der Waals surface area contributed by atoms with Gasteiger partial charge in [-0.05, 0) is 50.6 Å². The molecule has 0 aromatic rings. The van der Waals surface area contributed by atoms with Crippen LogP contribution in [0.3, 0.4) is 0 Å². The summed E-state index contributed by atoms with van der Waals surface area (Å²) in [5.74, 6) is 1.52. The van der Waals surface area contributed by atoms with Gasteiger partial charge in [0.05, 0.1) is 0 Å². The SMILES string of the molecule is CC(C)CCCOCCCOCCCNCC(C)C. The molecule has 0 rings (SSSR count). The molecule has 0 heterocycles. The number of nitrogens with one attached hydrogen (secondary N) is 1. The van der Waals surface area contributed by atoms with Gasteiger partial charge >= 0.3 is 0 Å². The molecule has 19 heavy (non-hydrogen) atoms. The molecule has 0 aliphatic carbocycles. The third-order valence-corrected chi connectivity index (χ3v) is 2.84. The molecule has 0 aromatic carbocycles. The molecule has 0 unspecified atom stereocenters. The summed E-state index contributed by atoms with van der Waals surface area (Å²) < 4.78 is 11.1. The van der Waals surface area contributed by atoms with Crippen LogP contribution >= 0.6 is 0 Å². The highest BCUT2D eigenvalue weighted by atomic mass is 16.5. The Balaban J connectivity index is 2.95. The molecule has 0 aliphatic rings. The van der Waals surface area contributed by atoms with Crippen molar-refractivity contribution >= 4 is 0 Å². The highest BCUT2D eigenvalue weighted by Gasteiger charge is 1.95. The lowest BCUT2D eigenvalue weighted by Crippen LogP contribution is -2.21. The second-order valence-corrected chi connectivity index (χ2v) is 6.07. The molecule has 116 valence electrons. The van der Waals surface area contributed by atoms with Gasteiger partial charge in [0.25, 0.3) is 0 Å². The maximum Gasteiger partial charge on any atom is 0.0487 e. The number of hydrogen-bond acceptors (Lipinski definition) is 3. The Labute approximate surface area is 120 Å². The van der Waals surface area contributed by atoms with E-state index >= 15 is 0 Å². The van der Waals surface area contributed by atoms with Crippen molar-refractivity contribution in [1.82, 2.24) is 5.32 Å². The van der Waals surface area contributed by atoms with Gasteiger partial charge in [-0.3, -0.25) is 0 Å². The van der Waals surface area contributed by atoms with Gasteiger partial charge in [-0.25, -0.2) is 0 Å². The first-order valence-corrected chi connectivity index (χ1v) is 7.99. The molecule has 3 nitrogen and oxygen atoms in total. The van der Waals surface area contributed by atoms with E-state index in [0.29, 0.717) is 0 Å². The van der Waals surface area contributed by atoms with Crippen molar-refractivity contribution in [2.75, 3.05) is 39.5 Å². The first kappa shape index (κ1) is 18.9.